The summed E-state index contributed by atoms with van der Waals surface area (Å²) in [5.74, 6) is 0.0110. The standard InChI is InChI=1S/C25H30Br2N2O5/c1-14-13-28-10-9-17-16-8-7-15(32-5)11-19(16)29(23(31)34-24(2,3)4)21(17)20(28)12-18(14)25(26,27)22(30)33-6/h7-8,11,18,20H,1,9-10,12-13H2,2-6H3. The molecule has 2 unspecified atom stereocenters. The van der Waals surface area contributed by atoms with Gasteiger partial charge in [0, 0.05) is 30.5 Å². The molecule has 0 spiro atoms. The van der Waals surface area contributed by atoms with Crippen molar-refractivity contribution in [3.63, 3.8) is 0 Å². The Labute approximate surface area is 216 Å². The monoisotopic (exact) mass is 596 g/mol. The number of rotatable bonds is 3. The normalized spacial score (nSPS) is 21.1. The summed E-state index contributed by atoms with van der Waals surface area (Å²) in [7, 11) is 2.98. The Kier molecular flexibility index (Phi) is 6.68. The topological polar surface area (TPSA) is 70.0 Å². The van der Waals surface area contributed by atoms with Crippen LogP contribution in [0.25, 0.3) is 10.9 Å². The van der Waals surface area contributed by atoms with Crippen LogP contribution >= 0.6 is 31.9 Å². The van der Waals surface area contributed by atoms with Gasteiger partial charge in [-0.05, 0) is 51.3 Å². The van der Waals surface area contributed by atoms with Crippen LogP contribution < -0.4 is 4.74 Å². The summed E-state index contributed by atoms with van der Waals surface area (Å²) in [6, 6.07) is 5.70. The fourth-order valence-electron chi connectivity index (χ4n) is 5.08. The molecule has 3 heterocycles. The number of alkyl halides is 2. The molecule has 2 aromatic rings. The first-order valence-corrected chi connectivity index (χ1v) is 12.8. The molecule has 1 aromatic heterocycles. The number of hydrogen-bond donors (Lipinski definition) is 0. The van der Waals surface area contributed by atoms with E-state index in [1.165, 1.54) is 7.11 Å². The van der Waals surface area contributed by atoms with Gasteiger partial charge in [0.05, 0.1) is 31.5 Å². The second-order valence-corrected chi connectivity index (χ2v) is 13.4. The molecule has 2 atom stereocenters. The Morgan fingerprint density at radius 1 is 1.18 bits per heavy atom. The van der Waals surface area contributed by atoms with E-state index in [4.69, 9.17) is 14.2 Å². The highest BCUT2D eigenvalue weighted by Crippen LogP contribution is 2.51. The lowest BCUT2D eigenvalue weighted by Crippen LogP contribution is -2.49. The average Bonchev–Trinajstić information content (AvgIpc) is 3.10. The van der Waals surface area contributed by atoms with E-state index in [-0.39, 0.29) is 12.0 Å². The number of esters is 1. The van der Waals surface area contributed by atoms with Crippen LogP contribution in [0.2, 0.25) is 0 Å². The van der Waals surface area contributed by atoms with E-state index in [0.29, 0.717) is 18.7 Å². The van der Waals surface area contributed by atoms with Crippen molar-refractivity contribution in [1.82, 2.24) is 9.47 Å². The molecule has 34 heavy (non-hydrogen) atoms. The van der Waals surface area contributed by atoms with Crippen LogP contribution in [0.15, 0.2) is 30.4 Å². The third-order valence-corrected chi connectivity index (χ3v) is 8.31. The van der Waals surface area contributed by atoms with Crippen LogP contribution in [-0.2, 0) is 20.7 Å². The second-order valence-electron chi connectivity index (χ2n) is 9.86. The smallest absolute Gasteiger partial charge is 0.419 e. The zero-order valence-corrected chi connectivity index (χ0v) is 23.3. The molecule has 184 valence electrons. The molecule has 0 radical (unpaired) electrons. The van der Waals surface area contributed by atoms with Gasteiger partial charge >= 0.3 is 12.1 Å². The summed E-state index contributed by atoms with van der Waals surface area (Å²) in [6.07, 6.45) is 0.952. The molecule has 2 aliphatic heterocycles. The number of nitrogens with zero attached hydrogens (tertiary/aromatic N) is 2. The van der Waals surface area contributed by atoms with Crippen molar-refractivity contribution in [3.05, 3.63) is 41.6 Å². The number of piperidine rings is 1. The van der Waals surface area contributed by atoms with Gasteiger partial charge in [-0.3, -0.25) is 4.90 Å². The first-order chi connectivity index (χ1) is 15.9. The maximum Gasteiger partial charge on any atom is 0.419 e. The first-order valence-electron chi connectivity index (χ1n) is 11.2. The highest BCUT2D eigenvalue weighted by molar-refractivity contribution is 9.25. The van der Waals surface area contributed by atoms with E-state index in [9.17, 15) is 9.59 Å². The van der Waals surface area contributed by atoms with Crippen LogP contribution in [0.1, 0.15) is 44.5 Å². The number of aromatic nitrogens is 1. The fraction of sp³-hybridized carbons (Fsp3) is 0.520. The molecule has 9 heteroatoms. The lowest BCUT2D eigenvalue weighted by atomic mass is 9.80. The third-order valence-electron chi connectivity index (χ3n) is 6.56. The third kappa shape index (κ3) is 4.31. The first kappa shape index (κ1) is 25.3. The number of ether oxygens (including phenoxy) is 3. The fourth-order valence-corrected chi connectivity index (χ4v) is 6.42. The Morgan fingerprint density at radius 3 is 2.50 bits per heavy atom. The van der Waals surface area contributed by atoms with E-state index in [2.05, 4.69) is 43.3 Å². The minimum absolute atomic E-state index is 0.107. The minimum atomic E-state index is -1.10. The average molecular weight is 598 g/mol. The van der Waals surface area contributed by atoms with Crippen LogP contribution in [-0.4, -0.2) is 57.7 Å². The summed E-state index contributed by atoms with van der Waals surface area (Å²) in [6.45, 7) is 11.3. The van der Waals surface area contributed by atoms with Gasteiger partial charge in [0.2, 0.25) is 0 Å². The number of carbonyl (C=O) groups excluding carboxylic acids is 2. The summed E-state index contributed by atoms with van der Waals surface area (Å²) in [5.41, 5.74) is 3.08. The number of benzene rings is 1. The maximum atomic E-state index is 13.6. The second kappa shape index (κ2) is 8.99. The Balaban J connectivity index is 1.88. The predicted octanol–water partition coefficient (Wildman–Crippen LogP) is 5.57. The summed E-state index contributed by atoms with van der Waals surface area (Å²) >= 11 is 7.11. The Bertz CT molecular complexity index is 1160. The van der Waals surface area contributed by atoms with Crippen molar-refractivity contribution >= 4 is 54.8 Å². The van der Waals surface area contributed by atoms with Gasteiger partial charge in [-0.2, -0.15) is 0 Å². The van der Waals surface area contributed by atoms with Crippen LogP contribution in [0, 0.1) is 5.92 Å². The highest BCUT2D eigenvalue weighted by atomic mass is 79.9. The Morgan fingerprint density at radius 2 is 1.88 bits per heavy atom. The van der Waals surface area contributed by atoms with Gasteiger partial charge in [-0.25, -0.2) is 14.2 Å². The Hall–Kier alpha value is -1.84. The maximum absolute atomic E-state index is 13.6. The van der Waals surface area contributed by atoms with Crippen molar-refractivity contribution in [1.29, 1.82) is 0 Å². The molecular formula is C25H30Br2N2O5. The largest absolute Gasteiger partial charge is 0.497 e. The highest BCUT2D eigenvalue weighted by Gasteiger charge is 2.50. The molecule has 2 aliphatic rings. The number of hydrogen-bond acceptors (Lipinski definition) is 6. The van der Waals surface area contributed by atoms with Crippen molar-refractivity contribution in [2.45, 2.75) is 48.5 Å². The van der Waals surface area contributed by atoms with Gasteiger partial charge in [-0.15, -0.1) is 0 Å². The number of methoxy groups -OCH3 is 2. The molecule has 0 aliphatic carbocycles. The van der Waals surface area contributed by atoms with Gasteiger partial charge in [0.15, 0.2) is 3.23 Å². The number of fused-ring (bicyclic) bond motifs is 5. The molecule has 0 amide bonds. The van der Waals surface area contributed by atoms with Gasteiger partial charge in [0.1, 0.15) is 11.4 Å². The van der Waals surface area contributed by atoms with Crippen molar-refractivity contribution in [2.24, 2.45) is 5.92 Å². The lowest BCUT2D eigenvalue weighted by molar-refractivity contribution is -0.141. The summed E-state index contributed by atoms with van der Waals surface area (Å²) < 4.78 is 16.9. The quantitative estimate of drug-likeness (QED) is 0.262. The molecule has 1 fully saturated rings. The van der Waals surface area contributed by atoms with Crippen LogP contribution in [0.3, 0.4) is 0 Å². The summed E-state index contributed by atoms with van der Waals surface area (Å²) in [4.78, 5) is 28.4. The van der Waals surface area contributed by atoms with E-state index in [1.54, 1.807) is 11.7 Å². The van der Waals surface area contributed by atoms with E-state index < -0.39 is 20.9 Å². The molecular weight excluding hydrogens is 568 g/mol. The zero-order valence-electron chi connectivity index (χ0n) is 20.1. The van der Waals surface area contributed by atoms with E-state index in [1.807, 2.05) is 39.0 Å². The molecule has 0 bridgehead atoms. The predicted molar refractivity (Wildman–Crippen MR) is 138 cm³/mol. The molecule has 0 N–H and O–H groups in total. The summed E-state index contributed by atoms with van der Waals surface area (Å²) in [5, 5.41) is 1.01. The van der Waals surface area contributed by atoms with Crippen LogP contribution in [0.5, 0.6) is 5.75 Å². The number of carbonyl (C=O) groups is 2. The van der Waals surface area contributed by atoms with Gasteiger partial charge in [0.25, 0.3) is 0 Å². The SMILES string of the molecule is C=C1CN2CCc3c(n(C(=O)OC(C)(C)C)c4cc(OC)ccc34)C2CC1C(Br)(Br)C(=O)OC. The van der Waals surface area contributed by atoms with E-state index >= 15 is 0 Å². The lowest BCUT2D eigenvalue weighted by Gasteiger charge is -2.46. The molecule has 4 rings (SSSR count). The van der Waals surface area contributed by atoms with Gasteiger partial charge < -0.3 is 14.2 Å². The van der Waals surface area contributed by atoms with Crippen molar-refractivity contribution in [3.8, 4) is 5.75 Å². The molecule has 1 aromatic carbocycles. The van der Waals surface area contributed by atoms with Crippen LogP contribution in [0.4, 0.5) is 4.79 Å². The van der Waals surface area contributed by atoms with Gasteiger partial charge in [-0.1, -0.05) is 44.0 Å². The molecule has 0 saturated carbocycles. The van der Waals surface area contributed by atoms with E-state index in [0.717, 1.165) is 40.7 Å². The van der Waals surface area contributed by atoms with Crippen molar-refractivity contribution < 1.29 is 23.8 Å². The van der Waals surface area contributed by atoms with Crippen molar-refractivity contribution in [2.75, 3.05) is 27.3 Å². The molecule has 1 saturated heterocycles. The zero-order chi connectivity index (χ0) is 25.0. The number of halogens is 2. The molecule has 7 nitrogen and oxygen atoms in total. The minimum Gasteiger partial charge on any atom is -0.497 e.